The monoisotopic (exact) mass is 264 g/mol. The third-order valence-electron chi connectivity index (χ3n) is 5.96. The SMILES string of the molecule is c1ccc2cc(C3(C4CCCC4)CCCC3)ccc2c1. The summed E-state index contributed by atoms with van der Waals surface area (Å²) in [4.78, 5) is 0. The zero-order valence-electron chi connectivity index (χ0n) is 12.3. The van der Waals surface area contributed by atoms with Crippen molar-refractivity contribution in [2.75, 3.05) is 0 Å². The van der Waals surface area contributed by atoms with Crippen LogP contribution in [0.5, 0.6) is 0 Å². The number of benzene rings is 2. The highest BCUT2D eigenvalue weighted by Crippen LogP contribution is 2.52. The van der Waals surface area contributed by atoms with Crippen LogP contribution in [0.15, 0.2) is 42.5 Å². The van der Waals surface area contributed by atoms with E-state index in [1.54, 1.807) is 5.56 Å². The minimum Gasteiger partial charge on any atom is -0.0616 e. The lowest BCUT2D eigenvalue weighted by Gasteiger charge is -2.36. The van der Waals surface area contributed by atoms with Crippen LogP contribution in [0.4, 0.5) is 0 Å². The predicted octanol–water partition coefficient (Wildman–Crippen LogP) is 5.84. The smallest absolute Gasteiger partial charge is 0.00185 e. The third kappa shape index (κ3) is 1.89. The minimum absolute atomic E-state index is 0.514. The Morgan fingerprint density at radius 3 is 2.20 bits per heavy atom. The quantitative estimate of drug-likeness (QED) is 0.639. The average Bonchev–Trinajstić information content (AvgIpc) is 3.18. The summed E-state index contributed by atoms with van der Waals surface area (Å²) in [5.41, 5.74) is 2.15. The first-order valence-electron chi connectivity index (χ1n) is 8.38. The maximum atomic E-state index is 2.50. The normalized spacial score (nSPS) is 22.6. The van der Waals surface area contributed by atoms with Crippen LogP contribution in [0.3, 0.4) is 0 Å². The van der Waals surface area contributed by atoms with Gasteiger partial charge in [-0.05, 0) is 53.4 Å². The van der Waals surface area contributed by atoms with Gasteiger partial charge in [-0.15, -0.1) is 0 Å². The molecule has 0 unspecified atom stereocenters. The first kappa shape index (κ1) is 12.4. The van der Waals surface area contributed by atoms with Crippen LogP contribution in [0.2, 0.25) is 0 Å². The molecule has 4 rings (SSSR count). The first-order valence-corrected chi connectivity index (χ1v) is 8.38. The Morgan fingerprint density at radius 1 is 0.750 bits per heavy atom. The zero-order chi connectivity index (χ0) is 13.4. The maximum absolute atomic E-state index is 2.50. The van der Waals surface area contributed by atoms with Crippen molar-refractivity contribution in [2.45, 2.75) is 56.8 Å². The molecule has 104 valence electrons. The lowest BCUT2D eigenvalue weighted by atomic mass is 9.68. The van der Waals surface area contributed by atoms with Gasteiger partial charge >= 0.3 is 0 Å². The number of fused-ring (bicyclic) bond motifs is 1. The van der Waals surface area contributed by atoms with E-state index in [0.717, 1.165) is 5.92 Å². The summed E-state index contributed by atoms with van der Waals surface area (Å²) in [7, 11) is 0. The lowest BCUT2D eigenvalue weighted by Crippen LogP contribution is -2.30. The van der Waals surface area contributed by atoms with E-state index in [1.165, 1.54) is 62.1 Å². The Morgan fingerprint density at radius 2 is 1.45 bits per heavy atom. The van der Waals surface area contributed by atoms with E-state index in [1.807, 2.05) is 0 Å². The van der Waals surface area contributed by atoms with Gasteiger partial charge in [0.15, 0.2) is 0 Å². The van der Waals surface area contributed by atoms with Gasteiger partial charge in [0.25, 0.3) is 0 Å². The van der Waals surface area contributed by atoms with E-state index in [2.05, 4.69) is 42.5 Å². The molecule has 2 aliphatic rings. The Hall–Kier alpha value is -1.30. The van der Waals surface area contributed by atoms with Crippen molar-refractivity contribution in [2.24, 2.45) is 5.92 Å². The molecule has 0 bridgehead atoms. The summed E-state index contributed by atoms with van der Waals surface area (Å²) in [6.45, 7) is 0. The molecule has 0 heteroatoms. The summed E-state index contributed by atoms with van der Waals surface area (Å²) >= 11 is 0. The van der Waals surface area contributed by atoms with Crippen molar-refractivity contribution < 1.29 is 0 Å². The molecule has 0 nitrogen and oxygen atoms in total. The van der Waals surface area contributed by atoms with Crippen LogP contribution < -0.4 is 0 Å². The summed E-state index contributed by atoms with van der Waals surface area (Å²) in [5.74, 6) is 0.950. The first-order chi connectivity index (χ1) is 9.88. The van der Waals surface area contributed by atoms with Crippen LogP contribution in [0.25, 0.3) is 10.8 Å². The Balaban J connectivity index is 1.81. The van der Waals surface area contributed by atoms with Crippen LogP contribution in [0.1, 0.15) is 56.9 Å². The number of hydrogen-bond donors (Lipinski definition) is 0. The number of rotatable bonds is 2. The molecule has 2 aliphatic carbocycles. The predicted molar refractivity (Wildman–Crippen MR) is 86.1 cm³/mol. The van der Waals surface area contributed by atoms with Crippen molar-refractivity contribution in [3.8, 4) is 0 Å². The molecule has 0 spiro atoms. The van der Waals surface area contributed by atoms with Crippen molar-refractivity contribution in [3.05, 3.63) is 48.0 Å². The molecule has 0 saturated heterocycles. The van der Waals surface area contributed by atoms with Crippen LogP contribution >= 0.6 is 0 Å². The molecule has 0 atom stereocenters. The van der Waals surface area contributed by atoms with Crippen molar-refractivity contribution >= 4 is 10.8 Å². The molecule has 2 aromatic rings. The van der Waals surface area contributed by atoms with Gasteiger partial charge in [-0.25, -0.2) is 0 Å². The molecular weight excluding hydrogens is 240 g/mol. The fourth-order valence-electron chi connectivity index (χ4n) is 4.92. The van der Waals surface area contributed by atoms with Crippen LogP contribution in [-0.2, 0) is 5.41 Å². The molecule has 2 fully saturated rings. The molecule has 2 aromatic carbocycles. The van der Waals surface area contributed by atoms with E-state index in [-0.39, 0.29) is 0 Å². The van der Waals surface area contributed by atoms with E-state index >= 15 is 0 Å². The van der Waals surface area contributed by atoms with Crippen molar-refractivity contribution in [1.29, 1.82) is 0 Å². The fourth-order valence-corrected chi connectivity index (χ4v) is 4.92. The Labute approximate surface area is 122 Å². The van der Waals surface area contributed by atoms with Gasteiger partial charge in [-0.3, -0.25) is 0 Å². The second-order valence-corrected chi connectivity index (χ2v) is 6.91. The third-order valence-corrected chi connectivity index (χ3v) is 5.96. The highest BCUT2D eigenvalue weighted by Gasteiger charge is 2.43. The molecule has 20 heavy (non-hydrogen) atoms. The van der Waals surface area contributed by atoms with Gasteiger partial charge < -0.3 is 0 Å². The molecule has 0 radical (unpaired) electrons. The molecule has 0 N–H and O–H groups in total. The van der Waals surface area contributed by atoms with E-state index in [4.69, 9.17) is 0 Å². The minimum atomic E-state index is 0.514. The second kappa shape index (κ2) is 4.91. The van der Waals surface area contributed by atoms with Crippen LogP contribution in [-0.4, -0.2) is 0 Å². The van der Waals surface area contributed by atoms with E-state index in [9.17, 15) is 0 Å². The lowest BCUT2D eigenvalue weighted by molar-refractivity contribution is 0.276. The molecule has 2 saturated carbocycles. The van der Waals surface area contributed by atoms with Gasteiger partial charge in [0.05, 0.1) is 0 Å². The second-order valence-electron chi connectivity index (χ2n) is 6.91. The highest BCUT2D eigenvalue weighted by molar-refractivity contribution is 5.83. The molecule has 0 amide bonds. The number of hydrogen-bond acceptors (Lipinski definition) is 0. The standard InChI is InChI=1S/C20H24/c1-2-8-17-15-19(12-11-16(17)7-1)20(13-5-6-14-20)18-9-3-4-10-18/h1-2,7-8,11-12,15,18H,3-6,9-10,13-14H2. The Kier molecular flexibility index (Phi) is 3.06. The van der Waals surface area contributed by atoms with Gasteiger partial charge in [-0.2, -0.15) is 0 Å². The van der Waals surface area contributed by atoms with Gasteiger partial charge in [0, 0.05) is 0 Å². The summed E-state index contributed by atoms with van der Waals surface area (Å²) in [5, 5.41) is 2.81. The maximum Gasteiger partial charge on any atom is -0.00185 e. The van der Waals surface area contributed by atoms with Gasteiger partial charge in [0.1, 0.15) is 0 Å². The van der Waals surface area contributed by atoms with Gasteiger partial charge in [0.2, 0.25) is 0 Å². The summed E-state index contributed by atoms with van der Waals surface area (Å²) in [6.07, 6.45) is 11.6. The average molecular weight is 264 g/mol. The van der Waals surface area contributed by atoms with E-state index < -0.39 is 0 Å². The zero-order valence-corrected chi connectivity index (χ0v) is 12.3. The highest BCUT2D eigenvalue weighted by atomic mass is 14.5. The topological polar surface area (TPSA) is 0 Å². The fraction of sp³-hybridized carbons (Fsp3) is 0.500. The summed E-state index contributed by atoms with van der Waals surface area (Å²) < 4.78 is 0. The van der Waals surface area contributed by atoms with Crippen molar-refractivity contribution in [3.63, 3.8) is 0 Å². The summed E-state index contributed by atoms with van der Waals surface area (Å²) in [6, 6.07) is 16.1. The Bertz CT molecular complexity index is 598. The van der Waals surface area contributed by atoms with E-state index in [0.29, 0.717) is 5.41 Å². The molecule has 0 aromatic heterocycles. The molecule has 0 heterocycles. The molecular formula is C20H24. The van der Waals surface area contributed by atoms with Gasteiger partial charge in [-0.1, -0.05) is 68.1 Å². The van der Waals surface area contributed by atoms with Crippen molar-refractivity contribution in [1.82, 2.24) is 0 Å². The largest absolute Gasteiger partial charge is 0.0616 e. The van der Waals surface area contributed by atoms with Crippen LogP contribution in [0, 0.1) is 5.92 Å². The molecule has 0 aliphatic heterocycles.